The van der Waals surface area contributed by atoms with Gasteiger partial charge in [0.05, 0.1) is 6.04 Å². The number of nitrogens with two attached hydrogens (primary N) is 2. The Morgan fingerprint density at radius 2 is 2.17 bits per heavy atom. The third kappa shape index (κ3) is 1.87. The Balaban J connectivity index is 3.04. The molecule has 0 unspecified atom stereocenters. The highest BCUT2D eigenvalue weighted by Gasteiger charge is 2.08. The molecular formula is C8H10ClFN2. The van der Waals surface area contributed by atoms with Gasteiger partial charge in [0.15, 0.2) is 0 Å². The average molecular weight is 189 g/mol. The van der Waals surface area contributed by atoms with E-state index in [0.717, 1.165) is 0 Å². The van der Waals surface area contributed by atoms with Gasteiger partial charge in [-0.05, 0) is 23.8 Å². The maximum Gasteiger partial charge on any atom is 0.109 e. The molecule has 0 aliphatic rings. The van der Waals surface area contributed by atoms with Gasteiger partial charge in [0.2, 0.25) is 0 Å². The van der Waals surface area contributed by atoms with E-state index in [1.807, 2.05) is 0 Å². The minimum atomic E-state index is -0.677. The van der Waals surface area contributed by atoms with Gasteiger partial charge in [-0.3, -0.25) is 0 Å². The smallest absolute Gasteiger partial charge is 0.109 e. The third-order valence-corrected chi connectivity index (χ3v) is 1.85. The first-order valence-corrected chi connectivity index (χ1v) is 3.89. The number of hydrogen-bond donors (Lipinski definition) is 2. The summed E-state index contributed by atoms with van der Waals surface area (Å²) in [7, 11) is 0. The second-order valence-corrected chi connectivity index (χ2v) is 2.97. The highest BCUT2D eigenvalue weighted by Crippen LogP contribution is 2.22. The molecule has 4 N–H and O–H groups in total. The monoisotopic (exact) mass is 188 g/mol. The van der Waals surface area contributed by atoms with Crippen molar-refractivity contribution < 1.29 is 4.39 Å². The molecule has 0 saturated heterocycles. The van der Waals surface area contributed by atoms with Gasteiger partial charge < -0.3 is 11.5 Å². The molecule has 0 fully saturated rings. The lowest BCUT2D eigenvalue weighted by Gasteiger charge is -2.10. The van der Waals surface area contributed by atoms with Crippen molar-refractivity contribution >= 4 is 17.3 Å². The zero-order valence-corrected chi connectivity index (χ0v) is 7.18. The first kappa shape index (κ1) is 9.29. The molecule has 1 aromatic carbocycles. The predicted molar refractivity (Wildman–Crippen MR) is 48.8 cm³/mol. The van der Waals surface area contributed by atoms with Crippen molar-refractivity contribution in [3.8, 4) is 0 Å². The molecule has 1 rings (SSSR count). The van der Waals surface area contributed by atoms with Gasteiger partial charge in [0.1, 0.15) is 6.67 Å². The largest absolute Gasteiger partial charge is 0.398 e. The molecule has 12 heavy (non-hydrogen) atoms. The van der Waals surface area contributed by atoms with Crippen LogP contribution in [0.3, 0.4) is 0 Å². The standard InChI is InChI=1S/C8H10ClFN2/c9-5-1-2-7(11)6(3-5)8(12)4-10/h1-3,8H,4,11-12H2/t8-/m0/s1. The molecule has 0 amide bonds. The lowest BCUT2D eigenvalue weighted by molar-refractivity contribution is 0.438. The van der Waals surface area contributed by atoms with E-state index in [4.69, 9.17) is 23.1 Å². The number of rotatable bonds is 2. The zero-order valence-electron chi connectivity index (χ0n) is 6.43. The Morgan fingerprint density at radius 3 is 2.75 bits per heavy atom. The summed E-state index contributed by atoms with van der Waals surface area (Å²) in [6.07, 6.45) is 0. The molecule has 0 radical (unpaired) electrons. The minimum absolute atomic E-state index is 0.476. The molecule has 0 spiro atoms. The number of hydrogen-bond acceptors (Lipinski definition) is 2. The highest BCUT2D eigenvalue weighted by molar-refractivity contribution is 6.30. The van der Waals surface area contributed by atoms with E-state index in [1.165, 1.54) is 0 Å². The van der Waals surface area contributed by atoms with Crippen molar-refractivity contribution in [2.24, 2.45) is 5.73 Å². The number of alkyl halides is 1. The lowest BCUT2D eigenvalue weighted by Crippen LogP contribution is -2.14. The molecule has 0 saturated carbocycles. The molecule has 0 heterocycles. The maximum absolute atomic E-state index is 12.2. The van der Waals surface area contributed by atoms with Crippen molar-refractivity contribution in [3.05, 3.63) is 28.8 Å². The van der Waals surface area contributed by atoms with Crippen molar-refractivity contribution in [3.63, 3.8) is 0 Å². The van der Waals surface area contributed by atoms with E-state index >= 15 is 0 Å². The molecule has 4 heteroatoms. The Hall–Kier alpha value is -0.800. The summed E-state index contributed by atoms with van der Waals surface area (Å²) in [5.41, 5.74) is 12.0. The molecule has 1 atom stereocenters. The van der Waals surface area contributed by atoms with E-state index in [2.05, 4.69) is 0 Å². The maximum atomic E-state index is 12.2. The van der Waals surface area contributed by atoms with Crippen LogP contribution in [-0.4, -0.2) is 6.67 Å². The third-order valence-electron chi connectivity index (χ3n) is 1.61. The quantitative estimate of drug-likeness (QED) is 0.697. The van der Waals surface area contributed by atoms with Gasteiger partial charge in [-0.25, -0.2) is 4.39 Å². The van der Waals surface area contributed by atoms with Crippen LogP contribution in [0.4, 0.5) is 10.1 Å². The van der Waals surface area contributed by atoms with Crippen molar-refractivity contribution in [1.29, 1.82) is 0 Å². The fourth-order valence-electron chi connectivity index (χ4n) is 0.950. The van der Waals surface area contributed by atoms with Crippen LogP contribution in [0.15, 0.2) is 18.2 Å². The lowest BCUT2D eigenvalue weighted by atomic mass is 10.1. The van der Waals surface area contributed by atoms with Gasteiger partial charge in [0.25, 0.3) is 0 Å². The summed E-state index contributed by atoms with van der Waals surface area (Å²) >= 11 is 5.68. The number of nitrogen functional groups attached to an aromatic ring is 1. The van der Waals surface area contributed by atoms with E-state index in [9.17, 15) is 4.39 Å². The van der Waals surface area contributed by atoms with Crippen molar-refractivity contribution in [2.75, 3.05) is 12.4 Å². The Bertz CT molecular complexity index is 278. The number of halogens is 2. The summed E-state index contributed by atoms with van der Waals surface area (Å²) in [5.74, 6) is 0. The van der Waals surface area contributed by atoms with Crippen molar-refractivity contribution in [1.82, 2.24) is 0 Å². The topological polar surface area (TPSA) is 52.0 Å². The van der Waals surface area contributed by atoms with E-state index in [1.54, 1.807) is 18.2 Å². The van der Waals surface area contributed by atoms with Gasteiger partial charge in [0, 0.05) is 10.7 Å². The van der Waals surface area contributed by atoms with Gasteiger partial charge in [-0.2, -0.15) is 0 Å². The Labute approximate surface area is 75.3 Å². The van der Waals surface area contributed by atoms with Crippen LogP contribution < -0.4 is 11.5 Å². The van der Waals surface area contributed by atoms with E-state index < -0.39 is 12.7 Å². The summed E-state index contributed by atoms with van der Waals surface area (Å²) in [6, 6.07) is 4.17. The molecule has 66 valence electrons. The van der Waals surface area contributed by atoms with Gasteiger partial charge in [-0.1, -0.05) is 11.6 Å². The summed E-state index contributed by atoms with van der Waals surface area (Å²) < 4.78 is 12.2. The van der Waals surface area contributed by atoms with Gasteiger partial charge >= 0.3 is 0 Å². The van der Waals surface area contributed by atoms with Crippen LogP contribution in [0.25, 0.3) is 0 Å². The van der Waals surface area contributed by atoms with Gasteiger partial charge in [-0.15, -0.1) is 0 Å². The molecule has 2 nitrogen and oxygen atoms in total. The fraction of sp³-hybridized carbons (Fsp3) is 0.250. The first-order chi connectivity index (χ1) is 5.65. The Morgan fingerprint density at radius 1 is 1.50 bits per heavy atom. The number of benzene rings is 1. The first-order valence-electron chi connectivity index (χ1n) is 3.51. The molecule has 1 aromatic rings. The van der Waals surface area contributed by atoms with Crippen LogP contribution in [0.1, 0.15) is 11.6 Å². The highest BCUT2D eigenvalue weighted by atomic mass is 35.5. The predicted octanol–water partition coefficient (Wildman–Crippen LogP) is 1.89. The minimum Gasteiger partial charge on any atom is -0.398 e. The van der Waals surface area contributed by atoms with Crippen LogP contribution in [-0.2, 0) is 0 Å². The van der Waals surface area contributed by atoms with Crippen LogP contribution >= 0.6 is 11.6 Å². The van der Waals surface area contributed by atoms with E-state index in [0.29, 0.717) is 16.3 Å². The van der Waals surface area contributed by atoms with Crippen LogP contribution in [0.5, 0.6) is 0 Å². The fourth-order valence-corrected chi connectivity index (χ4v) is 1.13. The normalized spacial score (nSPS) is 12.9. The second kappa shape index (κ2) is 3.74. The zero-order chi connectivity index (χ0) is 9.14. The number of anilines is 1. The molecule has 0 bridgehead atoms. The summed E-state index contributed by atoms with van der Waals surface area (Å²) in [6.45, 7) is -0.634. The SMILES string of the molecule is Nc1ccc(Cl)cc1[C@@H](N)CF. The van der Waals surface area contributed by atoms with Crippen LogP contribution in [0, 0.1) is 0 Å². The van der Waals surface area contributed by atoms with Crippen molar-refractivity contribution in [2.45, 2.75) is 6.04 Å². The second-order valence-electron chi connectivity index (χ2n) is 2.53. The molecule has 0 aliphatic heterocycles. The molecule has 0 aromatic heterocycles. The van der Waals surface area contributed by atoms with Crippen LogP contribution in [0.2, 0.25) is 5.02 Å². The summed E-state index contributed by atoms with van der Waals surface area (Å²) in [4.78, 5) is 0. The molecule has 0 aliphatic carbocycles. The average Bonchev–Trinajstić information content (AvgIpc) is 2.08. The van der Waals surface area contributed by atoms with E-state index in [-0.39, 0.29) is 0 Å². The molecular weight excluding hydrogens is 179 g/mol. The summed E-state index contributed by atoms with van der Waals surface area (Å²) in [5, 5.41) is 0.517. The Kier molecular flexibility index (Phi) is 2.89.